The molecule has 0 aromatic heterocycles. The van der Waals surface area contributed by atoms with E-state index in [1.54, 1.807) is 20.3 Å². The zero-order chi connectivity index (χ0) is 15.0. The summed E-state index contributed by atoms with van der Waals surface area (Å²) < 4.78 is 15.4. The van der Waals surface area contributed by atoms with Crippen molar-refractivity contribution in [3.8, 4) is 5.75 Å². The number of aryl methyl sites for hydroxylation is 1. The van der Waals surface area contributed by atoms with E-state index in [0.29, 0.717) is 30.5 Å². The Labute approximate surface area is 124 Å². The lowest BCUT2D eigenvalue weighted by atomic mass is 10.2. The van der Waals surface area contributed by atoms with Gasteiger partial charge in [0.05, 0.1) is 38.7 Å². The van der Waals surface area contributed by atoms with Gasteiger partial charge in [0.25, 0.3) is 0 Å². The van der Waals surface area contributed by atoms with Gasteiger partial charge in [-0.05, 0) is 18.6 Å². The van der Waals surface area contributed by atoms with Crippen molar-refractivity contribution >= 4 is 17.3 Å². The van der Waals surface area contributed by atoms with E-state index < -0.39 is 6.10 Å². The Bertz CT molecular complexity index is 414. The lowest BCUT2D eigenvalue weighted by molar-refractivity contribution is 0.0182. The standard InChI is InChI=1S/C14H22ClNO4/c1-10-6-13(14(19-3)7-12(10)15)16-8-11(17)9-20-5-4-18-2/h6-7,11,16-17H,4-5,8-9H2,1-3H3. The summed E-state index contributed by atoms with van der Waals surface area (Å²) in [4.78, 5) is 0. The molecule has 0 saturated heterocycles. The highest BCUT2D eigenvalue weighted by Crippen LogP contribution is 2.30. The molecule has 1 atom stereocenters. The number of anilines is 1. The van der Waals surface area contributed by atoms with Crippen molar-refractivity contribution in [1.82, 2.24) is 0 Å². The Hall–Kier alpha value is -1.01. The Kier molecular flexibility index (Phi) is 7.69. The third-order valence-electron chi connectivity index (χ3n) is 2.75. The maximum atomic E-state index is 9.80. The van der Waals surface area contributed by atoms with Crippen LogP contribution in [0.2, 0.25) is 5.02 Å². The maximum absolute atomic E-state index is 9.80. The van der Waals surface area contributed by atoms with Gasteiger partial charge in [0.2, 0.25) is 0 Å². The van der Waals surface area contributed by atoms with E-state index in [1.807, 2.05) is 13.0 Å². The fourth-order valence-corrected chi connectivity index (χ4v) is 1.77. The molecule has 114 valence electrons. The first-order valence-electron chi connectivity index (χ1n) is 6.41. The predicted octanol–water partition coefficient (Wildman–Crippen LogP) is 2.09. The third-order valence-corrected chi connectivity index (χ3v) is 3.16. The number of hydrogen-bond donors (Lipinski definition) is 2. The van der Waals surface area contributed by atoms with Crippen molar-refractivity contribution in [3.63, 3.8) is 0 Å². The molecule has 1 rings (SSSR count). The molecule has 0 radical (unpaired) electrons. The molecular formula is C14H22ClNO4. The Morgan fingerprint density at radius 2 is 2.05 bits per heavy atom. The van der Waals surface area contributed by atoms with Crippen LogP contribution in [-0.4, -0.2) is 51.8 Å². The summed E-state index contributed by atoms with van der Waals surface area (Å²) in [7, 11) is 3.19. The van der Waals surface area contributed by atoms with Gasteiger partial charge in [-0.1, -0.05) is 11.6 Å². The van der Waals surface area contributed by atoms with E-state index in [4.69, 9.17) is 25.8 Å². The predicted molar refractivity (Wildman–Crippen MR) is 79.9 cm³/mol. The number of aliphatic hydroxyl groups is 1. The summed E-state index contributed by atoms with van der Waals surface area (Å²) in [5, 5.41) is 13.6. The summed E-state index contributed by atoms with van der Waals surface area (Å²) >= 11 is 6.04. The Morgan fingerprint density at radius 1 is 1.30 bits per heavy atom. The zero-order valence-electron chi connectivity index (χ0n) is 12.1. The van der Waals surface area contributed by atoms with E-state index in [9.17, 15) is 5.11 Å². The van der Waals surface area contributed by atoms with Crippen molar-refractivity contribution in [2.45, 2.75) is 13.0 Å². The molecule has 5 nitrogen and oxygen atoms in total. The van der Waals surface area contributed by atoms with Crippen LogP contribution in [0.15, 0.2) is 12.1 Å². The normalized spacial score (nSPS) is 12.2. The van der Waals surface area contributed by atoms with Crippen LogP contribution < -0.4 is 10.1 Å². The number of methoxy groups -OCH3 is 2. The fraction of sp³-hybridized carbons (Fsp3) is 0.571. The van der Waals surface area contributed by atoms with Crippen LogP contribution in [0.3, 0.4) is 0 Å². The topological polar surface area (TPSA) is 60.0 Å². The monoisotopic (exact) mass is 303 g/mol. The molecule has 1 aromatic rings. The lowest BCUT2D eigenvalue weighted by Gasteiger charge is -2.16. The van der Waals surface area contributed by atoms with Crippen LogP contribution in [0.25, 0.3) is 0 Å². The molecule has 0 fully saturated rings. The minimum atomic E-state index is -0.604. The van der Waals surface area contributed by atoms with Crippen LogP contribution in [0.1, 0.15) is 5.56 Å². The van der Waals surface area contributed by atoms with Gasteiger partial charge in [0, 0.05) is 24.7 Å². The number of halogens is 1. The molecule has 0 spiro atoms. The van der Waals surface area contributed by atoms with Gasteiger partial charge < -0.3 is 24.6 Å². The van der Waals surface area contributed by atoms with E-state index in [2.05, 4.69) is 5.32 Å². The summed E-state index contributed by atoms with van der Waals surface area (Å²) in [6.45, 7) is 3.52. The maximum Gasteiger partial charge on any atom is 0.143 e. The van der Waals surface area contributed by atoms with Gasteiger partial charge in [0.15, 0.2) is 0 Å². The molecule has 20 heavy (non-hydrogen) atoms. The second-order valence-corrected chi connectivity index (χ2v) is 4.81. The average Bonchev–Trinajstić information content (AvgIpc) is 2.44. The molecule has 6 heteroatoms. The van der Waals surface area contributed by atoms with Crippen molar-refractivity contribution in [2.75, 3.05) is 45.9 Å². The molecule has 0 aliphatic carbocycles. The van der Waals surface area contributed by atoms with Gasteiger partial charge in [-0.2, -0.15) is 0 Å². The highest BCUT2D eigenvalue weighted by Gasteiger charge is 2.09. The summed E-state index contributed by atoms with van der Waals surface area (Å²) in [5.74, 6) is 0.646. The summed E-state index contributed by atoms with van der Waals surface area (Å²) in [6, 6.07) is 3.64. The van der Waals surface area contributed by atoms with Crippen molar-refractivity contribution in [3.05, 3.63) is 22.7 Å². The van der Waals surface area contributed by atoms with E-state index in [0.717, 1.165) is 11.3 Å². The number of benzene rings is 1. The molecule has 1 aromatic carbocycles. The molecular weight excluding hydrogens is 282 g/mol. The first-order chi connectivity index (χ1) is 9.58. The van der Waals surface area contributed by atoms with E-state index in [1.165, 1.54) is 0 Å². The number of nitrogens with one attached hydrogen (secondary N) is 1. The second-order valence-electron chi connectivity index (χ2n) is 4.40. The Morgan fingerprint density at radius 3 is 2.70 bits per heavy atom. The van der Waals surface area contributed by atoms with Crippen LogP contribution in [0.5, 0.6) is 5.75 Å². The summed E-state index contributed by atoms with van der Waals surface area (Å²) in [5.41, 5.74) is 1.74. The zero-order valence-corrected chi connectivity index (χ0v) is 12.9. The van der Waals surface area contributed by atoms with Crippen molar-refractivity contribution in [1.29, 1.82) is 0 Å². The van der Waals surface area contributed by atoms with E-state index in [-0.39, 0.29) is 6.61 Å². The molecule has 0 saturated carbocycles. The highest BCUT2D eigenvalue weighted by molar-refractivity contribution is 6.31. The van der Waals surface area contributed by atoms with Gasteiger partial charge >= 0.3 is 0 Å². The molecule has 0 heterocycles. The number of ether oxygens (including phenoxy) is 3. The average molecular weight is 304 g/mol. The quantitative estimate of drug-likeness (QED) is 0.684. The van der Waals surface area contributed by atoms with Crippen LogP contribution in [0.4, 0.5) is 5.69 Å². The minimum absolute atomic E-state index is 0.255. The molecule has 0 bridgehead atoms. The smallest absolute Gasteiger partial charge is 0.143 e. The molecule has 0 amide bonds. The van der Waals surface area contributed by atoms with E-state index >= 15 is 0 Å². The molecule has 0 aliphatic heterocycles. The van der Waals surface area contributed by atoms with Crippen LogP contribution >= 0.6 is 11.6 Å². The third kappa shape index (κ3) is 5.54. The van der Waals surface area contributed by atoms with Gasteiger partial charge in [-0.3, -0.25) is 0 Å². The molecule has 2 N–H and O–H groups in total. The van der Waals surface area contributed by atoms with Crippen molar-refractivity contribution in [2.24, 2.45) is 0 Å². The van der Waals surface area contributed by atoms with Gasteiger partial charge in [-0.25, -0.2) is 0 Å². The minimum Gasteiger partial charge on any atom is -0.495 e. The molecule has 1 unspecified atom stereocenters. The lowest BCUT2D eigenvalue weighted by Crippen LogP contribution is -2.25. The first kappa shape index (κ1) is 17.0. The highest BCUT2D eigenvalue weighted by atomic mass is 35.5. The van der Waals surface area contributed by atoms with Gasteiger partial charge in [0.1, 0.15) is 5.75 Å². The molecule has 0 aliphatic rings. The fourth-order valence-electron chi connectivity index (χ4n) is 1.62. The number of rotatable bonds is 9. The Balaban J connectivity index is 2.46. The largest absolute Gasteiger partial charge is 0.495 e. The summed E-state index contributed by atoms with van der Waals surface area (Å²) in [6.07, 6.45) is -0.604. The van der Waals surface area contributed by atoms with Crippen LogP contribution in [-0.2, 0) is 9.47 Å². The van der Waals surface area contributed by atoms with Crippen LogP contribution in [0, 0.1) is 6.92 Å². The van der Waals surface area contributed by atoms with Gasteiger partial charge in [-0.15, -0.1) is 0 Å². The number of hydrogen-bond acceptors (Lipinski definition) is 5. The second kappa shape index (κ2) is 9.02. The number of aliphatic hydroxyl groups excluding tert-OH is 1. The van der Waals surface area contributed by atoms with Crippen molar-refractivity contribution < 1.29 is 19.3 Å². The first-order valence-corrected chi connectivity index (χ1v) is 6.79. The SMILES string of the molecule is COCCOCC(O)CNc1cc(C)c(Cl)cc1OC.